The number of rotatable bonds is 6. The van der Waals surface area contributed by atoms with Crippen LogP contribution in [0, 0.1) is 6.92 Å². The van der Waals surface area contributed by atoms with E-state index in [0.29, 0.717) is 18.4 Å². The highest BCUT2D eigenvalue weighted by atomic mass is 32.2. The summed E-state index contributed by atoms with van der Waals surface area (Å²) in [5.74, 6) is -1.12. The molecule has 0 spiro atoms. The van der Waals surface area contributed by atoms with E-state index in [1.54, 1.807) is 6.92 Å². The van der Waals surface area contributed by atoms with E-state index in [4.69, 9.17) is 5.11 Å². The van der Waals surface area contributed by atoms with Gasteiger partial charge >= 0.3 is 5.97 Å². The number of carbonyl (C=O) groups is 1. The molecule has 112 valence electrons. The van der Waals surface area contributed by atoms with Crippen molar-refractivity contribution in [3.63, 3.8) is 0 Å². The molecule has 0 aliphatic rings. The predicted octanol–water partition coefficient (Wildman–Crippen LogP) is 2.50. The molecule has 0 unspecified atom stereocenters. The van der Waals surface area contributed by atoms with Crippen molar-refractivity contribution in [2.75, 3.05) is 7.05 Å². The van der Waals surface area contributed by atoms with Crippen molar-refractivity contribution >= 4 is 16.0 Å². The van der Waals surface area contributed by atoms with E-state index >= 15 is 0 Å². The molecule has 1 aromatic carbocycles. The van der Waals surface area contributed by atoms with Crippen molar-refractivity contribution in [1.29, 1.82) is 0 Å². The minimum atomic E-state index is -3.67. The maximum Gasteiger partial charge on any atom is 0.335 e. The second-order valence-corrected chi connectivity index (χ2v) is 6.77. The summed E-state index contributed by atoms with van der Waals surface area (Å²) in [6, 6.07) is 4.12. The molecule has 0 bridgehead atoms. The molecule has 1 rings (SSSR count). The molecule has 1 N–H and O–H groups in total. The molecule has 0 aliphatic carbocycles. The first-order chi connectivity index (χ1) is 9.25. The Morgan fingerprint density at radius 2 is 1.85 bits per heavy atom. The van der Waals surface area contributed by atoms with Crippen LogP contribution in [0.2, 0.25) is 0 Å². The van der Waals surface area contributed by atoms with Crippen molar-refractivity contribution in [2.24, 2.45) is 0 Å². The number of nitrogens with zero attached hydrogens (tertiary/aromatic N) is 1. The van der Waals surface area contributed by atoms with Crippen LogP contribution >= 0.6 is 0 Å². The lowest BCUT2D eigenvalue weighted by Crippen LogP contribution is -2.36. The zero-order valence-electron chi connectivity index (χ0n) is 12.3. The summed E-state index contributed by atoms with van der Waals surface area (Å²) in [5, 5.41) is 9.09. The van der Waals surface area contributed by atoms with Gasteiger partial charge in [-0.15, -0.1) is 0 Å². The van der Waals surface area contributed by atoms with E-state index in [1.165, 1.54) is 29.6 Å². The van der Waals surface area contributed by atoms with Crippen molar-refractivity contribution in [2.45, 2.75) is 44.6 Å². The highest BCUT2D eigenvalue weighted by Gasteiger charge is 2.27. The van der Waals surface area contributed by atoms with Gasteiger partial charge in [-0.25, -0.2) is 13.2 Å². The smallest absolute Gasteiger partial charge is 0.335 e. The molecule has 0 fully saturated rings. The fraction of sp³-hybridized carbons (Fsp3) is 0.500. The van der Waals surface area contributed by atoms with E-state index in [0.717, 1.165) is 0 Å². The van der Waals surface area contributed by atoms with E-state index in [-0.39, 0.29) is 16.5 Å². The van der Waals surface area contributed by atoms with Crippen LogP contribution in [-0.4, -0.2) is 36.9 Å². The van der Waals surface area contributed by atoms with E-state index in [9.17, 15) is 13.2 Å². The standard InChI is InChI=1S/C14H21NO4S/c1-5-11(6-2)15(4)20(18,19)12-8-7-10(3)13(9-12)14(16)17/h7-9,11H,5-6H2,1-4H3,(H,16,17). The minimum Gasteiger partial charge on any atom is -0.478 e. The zero-order chi connectivity index (χ0) is 15.5. The van der Waals surface area contributed by atoms with Gasteiger partial charge in [0.05, 0.1) is 10.5 Å². The minimum absolute atomic E-state index is 0.0176. The maximum atomic E-state index is 12.5. The Bertz CT molecular complexity index is 591. The molecule has 0 aromatic heterocycles. The molecule has 0 amide bonds. The number of carboxylic acids is 1. The van der Waals surface area contributed by atoms with Crippen LogP contribution in [0.25, 0.3) is 0 Å². The summed E-state index contributed by atoms with van der Waals surface area (Å²) in [6.07, 6.45) is 1.42. The van der Waals surface area contributed by atoms with Crippen LogP contribution in [0.3, 0.4) is 0 Å². The van der Waals surface area contributed by atoms with Crippen LogP contribution < -0.4 is 0 Å². The fourth-order valence-corrected chi connectivity index (χ4v) is 3.69. The average molecular weight is 299 g/mol. The molecule has 0 aliphatic heterocycles. The largest absolute Gasteiger partial charge is 0.478 e. The molecular formula is C14H21NO4S. The van der Waals surface area contributed by atoms with Crippen molar-refractivity contribution in [1.82, 2.24) is 4.31 Å². The van der Waals surface area contributed by atoms with Gasteiger partial charge in [0.25, 0.3) is 0 Å². The zero-order valence-corrected chi connectivity index (χ0v) is 13.1. The topological polar surface area (TPSA) is 74.7 Å². The van der Waals surface area contributed by atoms with Gasteiger partial charge in [0.15, 0.2) is 0 Å². The molecule has 0 saturated carbocycles. The molecule has 0 atom stereocenters. The van der Waals surface area contributed by atoms with Crippen LogP contribution in [0.4, 0.5) is 0 Å². The summed E-state index contributed by atoms with van der Waals surface area (Å²) in [4.78, 5) is 11.1. The highest BCUT2D eigenvalue weighted by Crippen LogP contribution is 2.22. The van der Waals surface area contributed by atoms with Gasteiger partial charge in [-0.2, -0.15) is 4.31 Å². The first-order valence-corrected chi connectivity index (χ1v) is 8.01. The number of sulfonamides is 1. The van der Waals surface area contributed by atoms with Crippen LogP contribution in [0.5, 0.6) is 0 Å². The van der Waals surface area contributed by atoms with Crippen LogP contribution in [-0.2, 0) is 10.0 Å². The number of hydrogen-bond donors (Lipinski definition) is 1. The van der Waals surface area contributed by atoms with Gasteiger partial charge in [0, 0.05) is 13.1 Å². The van der Waals surface area contributed by atoms with E-state index in [1.807, 2.05) is 13.8 Å². The van der Waals surface area contributed by atoms with E-state index < -0.39 is 16.0 Å². The lowest BCUT2D eigenvalue weighted by Gasteiger charge is -2.25. The molecule has 0 saturated heterocycles. The Morgan fingerprint density at radius 3 is 2.30 bits per heavy atom. The average Bonchev–Trinajstić information content (AvgIpc) is 2.39. The van der Waals surface area contributed by atoms with Gasteiger partial charge < -0.3 is 5.11 Å². The predicted molar refractivity (Wildman–Crippen MR) is 77.5 cm³/mol. The van der Waals surface area contributed by atoms with Gasteiger partial charge in [-0.1, -0.05) is 19.9 Å². The maximum absolute atomic E-state index is 12.5. The Morgan fingerprint density at radius 1 is 1.30 bits per heavy atom. The lowest BCUT2D eigenvalue weighted by atomic mass is 10.1. The summed E-state index contributed by atoms with van der Waals surface area (Å²) in [5.41, 5.74) is 0.561. The summed E-state index contributed by atoms with van der Waals surface area (Å²) < 4.78 is 26.3. The molecule has 0 heterocycles. The number of hydrogen-bond acceptors (Lipinski definition) is 3. The van der Waals surface area contributed by atoms with Crippen molar-refractivity contribution in [3.8, 4) is 0 Å². The Balaban J connectivity index is 3.29. The monoisotopic (exact) mass is 299 g/mol. The normalized spacial score (nSPS) is 12.1. The Labute approximate surface area is 120 Å². The molecular weight excluding hydrogens is 278 g/mol. The first kappa shape index (κ1) is 16.7. The Hall–Kier alpha value is -1.40. The summed E-state index contributed by atoms with van der Waals surface area (Å²) in [6.45, 7) is 5.50. The highest BCUT2D eigenvalue weighted by molar-refractivity contribution is 7.89. The molecule has 1 aromatic rings. The van der Waals surface area contributed by atoms with Crippen molar-refractivity contribution in [3.05, 3.63) is 29.3 Å². The summed E-state index contributed by atoms with van der Waals surface area (Å²) in [7, 11) is -2.13. The molecule has 20 heavy (non-hydrogen) atoms. The van der Waals surface area contributed by atoms with Crippen molar-refractivity contribution < 1.29 is 18.3 Å². The van der Waals surface area contributed by atoms with Gasteiger partial charge in [0.2, 0.25) is 10.0 Å². The summed E-state index contributed by atoms with van der Waals surface area (Å²) >= 11 is 0. The lowest BCUT2D eigenvalue weighted by molar-refractivity contribution is 0.0696. The first-order valence-electron chi connectivity index (χ1n) is 6.57. The number of carboxylic acid groups (broad SMARTS) is 1. The fourth-order valence-electron chi connectivity index (χ4n) is 2.16. The molecule has 0 radical (unpaired) electrons. The number of benzene rings is 1. The third-order valence-corrected chi connectivity index (χ3v) is 5.48. The van der Waals surface area contributed by atoms with Gasteiger partial charge in [-0.05, 0) is 37.5 Å². The van der Waals surface area contributed by atoms with Gasteiger partial charge in [0.1, 0.15) is 0 Å². The quantitative estimate of drug-likeness (QED) is 0.875. The molecule has 6 heteroatoms. The third-order valence-electron chi connectivity index (χ3n) is 3.57. The van der Waals surface area contributed by atoms with Crippen LogP contribution in [0.1, 0.15) is 42.6 Å². The SMILES string of the molecule is CCC(CC)N(C)S(=O)(=O)c1ccc(C)c(C(=O)O)c1. The van der Waals surface area contributed by atoms with Gasteiger partial charge in [-0.3, -0.25) is 0 Å². The van der Waals surface area contributed by atoms with E-state index in [2.05, 4.69) is 0 Å². The van der Waals surface area contributed by atoms with Crippen LogP contribution in [0.15, 0.2) is 23.1 Å². The second kappa shape index (κ2) is 6.37. The molecule has 5 nitrogen and oxygen atoms in total. The second-order valence-electron chi connectivity index (χ2n) is 4.77. The number of aryl methyl sites for hydroxylation is 1. The number of aromatic carboxylic acids is 1. The third kappa shape index (κ3) is 3.19. The Kier molecular flexibility index (Phi) is 5.30.